The lowest BCUT2D eigenvalue weighted by Gasteiger charge is -2.19. The van der Waals surface area contributed by atoms with Crippen molar-refractivity contribution in [3.05, 3.63) is 28.4 Å². The molecule has 0 spiro atoms. The molecule has 18 heavy (non-hydrogen) atoms. The number of fused-ring (bicyclic) bond motifs is 1. The number of nitrogens with zero attached hydrogens (tertiary/aromatic N) is 2. The number of hydrogen-bond acceptors (Lipinski definition) is 3. The lowest BCUT2D eigenvalue weighted by Crippen LogP contribution is -2.27. The number of halogens is 1. The van der Waals surface area contributed by atoms with Gasteiger partial charge in [0.15, 0.2) is 0 Å². The number of ether oxygens (including phenoxy) is 1. The van der Waals surface area contributed by atoms with Crippen LogP contribution in [-0.4, -0.2) is 21.5 Å². The second-order valence-electron chi connectivity index (χ2n) is 5.20. The number of hydrogen-bond donors (Lipinski definition) is 0. The maximum atomic E-state index is 12.0. The first-order valence-electron chi connectivity index (χ1n) is 5.65. The molecule has 0 aliphatic heterocycles. The van der Waals surface area contributed by atoms with E-state index in [1.54, 1.807) is 6.20 Å². The number of aromatic nitrogens is 2. The maximum Gasteiger partial charge on any atom is 0.435 e. The fraction of sp³-hybridized carbons (Fsp3) is 0.385. The third kappa shape index (κ3) is 2.56. The van der Waals surface area contributed by atoms with Crippen molar-refractivity contribution in [1.29, 1.82) is 0 Å². The minimum absolute atomic E-state index is 0.465. The number of benzene rings is 1. The smallest absolute Gasteiger partial charge is 0.435 e. The molecule has 96 valence electrons. The quantitative estimate of drug-likeness (QED) is 0.741. The lowest BCUT2D eigenvalue weighted by atomic mass is 10.2. The highest BCUT2D eigenvalue weighted by atomic mass is 79.9. The van der Waals surface area contributed by atoms with Crippen molar-refractivity contribution in [2.24, 2.45) is 0 Å². The van der Waals surface area contributed by atoms with E-state index in [1.165, 1.54) is 4.68 Å². The number of carbonyl (C=O) groups is 1. The molecule has 1 aromatic carbocycles. The van der Waals surface area contributed by atoms with E-state index in [2.05, 4.69) is 21.0 Å². The van der Waals surface area contributed by atoms with Gasteiger partial charge in [-0.1, -0.05) is 15.9 Å². The monoisotopic (exact) mass is 310 g/mol. The molecule has 0 N–H and O–H groups in total. The third-order valence-electron chi connectivity index (χ3n) is 2.41. The Hall–Kier alpha value is -1.36. The maximum absolute atomic E-state index is 12.0. The van der Waals surface area contributed by atoms with Crippen LogP contribution in [0.5, 0.6) is 0 Å². The van der Waals surface area contributed by atoms with Crippen LogP contribution in [0.4, 0.5) is 4.79 Å². The zero-order valence-electron chi connectivity index (χ0n) is 10.8. The Labute approximate surface area is 114 Å². The topological polar surface area (TPSA) is 44.1 Å². The Morgan fingerprint density at radius 3 is 2.67 bits per heavy atom. The van der Waals surface area contributed by atoms with Gasteiger partial charge in [0.05, 0.1) is 11.7 Å². The van der Waals surface area contributed by atoms with Crippen molar-refractivity contribution in [3.63, 3.8) is 0 Å². The van der Waals surface area contributed by atoms with Crippen LogP contribution in [0.1, 0.15) is 26.3 Å². The molecule has 0 fully saturated rings. The Morgan fingerprint density at radius 1 is 1.39 bits per heavy atom. The van der Waals surface area contributed by atoms with Crippen molar-refractivity contribution in [1.82, 2.24) is 9.78 Å². The Bertz CT molecular complexity index is 611. The second-order valence-corrected chi connectivity index (χ2v) is 6.05. The molecule has 0 saturated heterocycles. The summed E-state index contributed by atoms with van der Waals surface area (Å²) in [5.41, 5.74) is 1.31. The molecule has 0 aliphatic carbocycles. The molecule has 0 atom stereocenters. The molecule has 1 heterocycles. The van der Waals surface area contributed by atoms with E-state index in [1.807, 2.05) is 39.8 Å². The first kappa shape index (κ1) is 13.1. The molecule has 2 rings (SSSR count). The van der Waals surface area contributed by atoms with E-state index in [4.69, 9.17) is 4.74 Å². The average Bonchev–Trinajstić information content (AvgIpc) is 2.59. The summed E-state index contributed by atoms with van der Waals surface area (Å²) in [6, 6.07) is 3.86. The summed E-state index contributed by atoms with van der Waals surface area (Å²) in [6.07, 6.45) is 1.20. The summed E-state index contributed by atoms with van der Waals surface area (Å²) in [5, 5.41) is 5.00. The standard InChI is InChI=1S/C13H15BrN2O2/c1-8-5-9-7-15-16(11(9)6-10(8)14)12(17)18-13(2,3)4/h5-7H,1-4H3. The number of carbonyl (C=O) groups excluding carboxylic acids is 1. The SMILES string of the molecule is Cc1cc2cnn(C(=O)OC(C)(C)C)c2cc1Br. The number of aryl methyl sites for hydroxylation is 1. The molecule has 1 aromatic heterocycles. The lowest BCUT2D eigenvalue weighted by molar-refractivity contribution is 0.0523. The van der Waals surface area contributed by atoms with Gasteiger partial charge in [0.1, 0.15) is 5.60 Å². The molecule has 4 nitrogen and oxygen atoms in total. The summed E-state index contributed by atoms with van der Waals surface area (Å²) in [7, 11) is 0. The molecule has 0 radical (unpaired) electrons. The van der Waals surface area contributed by atoms with Crippen LogP contribution in [-0.2, 0) is 4.74 Å². The third-order valence-corrected chi connectivity index (χ3v) is 3.27. The fourth-order valence-electron chi connectivity index (χ4n) is 1.61. The highest BCUT2D eigenvalue weighted by Gasteiger charge is 2.20. The molecule has 0 bridgehead atoms. The van der Waals surface area contributed by atoms with Gasteiger partial charge in [-0.2, -0.15) is 9.78 Å². The van der Waals surface area contributed by atoms with E-state index in [9.17, 15) is 4.79 Å². The van der Waals surface area contributed by atoms with Gasteiger partial charge in [-0.15, -0.1) is 0 Å². The summed E-state index contributed by atoms with van der Waals surface area (Å²) in [5.74, 6) is 0. The van der Waals surface area contributed by atoms with Crippen LogP contribution in [0, 0.1) is 6.92 Å². The van der Waals surface area contributed by atoms with Crippen molar-refractivity contribution in [2.45, 2.75) is 33.3 Å². The van der Waals surface area contributed by atoms with Crippen molar-refractivity contribution < 1.29 is 9.53 Å². The van der Waals surface area contributed by atoms with E-state index < -0.39 is 11.7 Å². The first-order valence-corrected chi connectivity index (χ1v) is 6.44. The number of rotatable bonds is 0. The normalized spacial score (nSPS) is 11.8. The second kappa shape index (κ2) is 4.39. The molecular formula is C13H15BrN2O2. The van der Waals surface area contributed by atoms with Crippen LogP contribution in [0.15, 0.2) is 22.8 Å². The van der Waals surface area contributed by atoms with Crippen molar-refractivity contribution in [2.75, 3.05) is 0 Å². The van der Waals surface area contributed by atoms with E-state index in [0.717, 1.165) is 20.9 Å². The molecule has 0 aliphatic rings. The van der Waals surface area contributed by atoms with Crippen LogP contribution in [0.25, 0.3) is 10.9 Å². The minimum atomic E-state index is -0.530. The van der Waals surface area contributed by atoms with E-state index in [0.29, 0.717) is 0 Å². The predicted octanol–water partition coefficient (Wildman–Crippen LogP) is 3.89. The van der Waals surface area contributed by atoms with Crippen molar-refractivity contribution in [3.8, 4) is 0 Å². The molecule has 5 heteroatoms. The fourth-order valence-corrected chi connectivity index (χ4v) is 1.94. The van der Waals surface area contributed by atoms with Gasteiger partial charge in [-0.05, 0) is 45.4 Å². The largest absolute Gasteiger partial charge is 0.442 e. The molecule has 0 unspecified atom stereocenters. The van der Waals surface area contributed by atoms with Crippen LogP contribution in [0.3, 0.4) is 0 Å². The van der Waals surface area contributed by atoms with Gasteiger partial charge in [-0.25, -0.2) is 4.79 Å². The first-order chi connectivity index (χ1) is 8.28. The summed E-state index contributed by atoms with van der Waals surface area (Å²) < 4.78 is 7.53. The molecule has 0 amide bonds. The van der Waals surface area contributed by atoms with Gasteiger partial charge < -0.3 is 4.74 Å². The van der Waals surface area contributed by atoms with Gasteiger partial charge in [-0.3, -0.25) is 0 Å². The van der Waals surface area contributed by atoms with Gasteiger partial charge in [0.25, 0.3) is 0 Å². The van der Waals surface area contributed by atoms with Gasteiger partial charge >= 0.3 is 6.09 Å². The van der Waals surface area contributed by atoms with Gasteiger partial charge in [0.2, 0.25) is 0 Å². The highest BCUT2D eigenvalue weighted by molar-refractivity contribution is 9.10. The van der Waals surface area contributed by atoms with Crippen LogP contribution in [0.2, 0.25) is 0 Å². The Morgan fingerprint density at radius 2 is 2.06 bits per heavy atom. The summed E-state index contributed by atoms with van der Waals surface area (Å²) in [6.45, 7) is 7.48. The Kier molecular flexibility index (Phi) is 3.19. The Balaban J connectivity index is 2.46. The zero-order valence-corrected chi connectivity index (χ0v) is 12.4. The summed E-state index contributed by atoms with van der Waals surface area (Å²) >= 11 is 3.45. The molecule has 2 aromatic rings. The molecule has 0 saturated carbocycles. The average molecular weight is 311 g/mol. The summed E-state index contributed by atoms with van der Waals surface area (Å²) in [4.78, 5) is 12.0. The minimum Gasteiger partial charge on any atom is -0.442 e. The van der Waals surface area contributed by atoms with Crippen molar-refractivity contribution >= 4 is 32.9 Å². The van der Waals surface area contributed by atoms with E-state index in [-0.39, 0.29) is 0 Å². The highest BCUT2D eigenvalue weighted by Crippen LogP contribution is 2.24. The van der Waals surface area contributed by atoms with Gasteiger partial charge in [0, 0.05) is 9.86 Å². The molecular weight excluding hydrogens is 296 g/mol. The van der Waals surface area contributed by atoms with E-state index >= 15 is 0 Å². The zero-order chi connectivity index (χ0) is 13.5. The van der Waals surface area contributed by atoms with Crippen LogP contribution >= 0.6 is 15.9 Å². The van der Waals surface area contributed by atoms with Crippen LogP contribution < -0.4 is 0 Å². The predicted molar refractivity (Wildman–Crippen MR) is 73.8 cm³/mol.